The minimum Gasteiger partial charge on any atom is -0.496 e. The van der Waals surface area contributed by atoms with Crippen LogP contribution in [-0.4, -0.2) is 54.9 Å². The fraction of sp³-hybridized carbons (Fsp3) is 0.300. The summed E-state index contributed by atoms with van der Waals surface area (Å²) in [5, 5.41) is 0. The predicted molar refractivity (Wildman–Crippen MR) is 96.5 cm³/mol. The highest BCUT2D eigenvalue weighted by molar-refractivity contribution is 5.98. The molecule has 1 aliphatic heterocycles. The monoisotopic (exact) mass is 356 g/mol. The summed E-state index contributed by atoms with van der Waals surface area (Å²) in [4.78, 5) is 28.1. The van der Waals surface area contributed by atoms with Gasteiger partial charge < -0.3 is 14.5 Å². The SMILES string of the molecule is COc1ccc(F)cc1-c1ccc(C(=O)N2CCN(C)C(=O)[C@H]2C)cc1. The maximum atomic E-state index is 13.6. The lowest BCUT2D eigenvalue weighted by Gasteiger charge is -2.37. The van der Waals surface area contributed by atoms with Gasteiger partial charge in [0.25, 0.3) is 5.91 Å². The number of amides is 2. The van der Waals surface area contributed by atoms with Gasteiger partial charge in [0, 0.05) is 31.3 Å². The summed E-state index contributed by atoms with van der Waals surface area (Å²) in [6.07, 6.45) is 0. The number of halogens is 1. The van der Waals surface area contributed by atoms with Crippen molar-refractivity contribution < 1.29 is 18.7 Å². The van der Waals surface area contributed by atoms with E-state index in [-0.39, 0.29) is 17.6 Å². The summed E-state index contributed by atoms with van der Waals surface area (Å²) in [6, 6.07) is 10.7. The molecule has 0 bridgehead atoms. The quantitative estimate of drug-likeness (QED) is 0.850. The van der Waals surface area contributed by atoms with E-state index in [1.165, 1.54) is 19.2 Å². The molecule has 0 unspecified atom stereocenters. The molecule has 0 aromatic heterocycles. The van der Waals surface area contributed by atoms with Gasteiger partial charge in [-0.3, -0.25) is 9.59 Å². The van der Waals surface area contributed by atoms with E-state index in [1.807, 2.05) is 0 Å². The third kappa shape index (κ3) is 3.27. The van der Waals surface area contributed by atoms with Gasteiger partial charge in [-0.1, -0.05) is 12.1 Å². The molecule has 1 saturated heterocycles. The Morgan fingerprint density at radius 3 is 2.50 bits per heavy atom. The molecule has 0 spiro atoms. The molecule has 0 radical (unpaired) electrons. The highest BCUT2D eigenvalue weighted by atomic mass is 19.1. The van der Waals surface area contributed by atoms with Crippen LogP contribution in [0.5, 0.6) is 5.75 Å². The van der Waals surface area contributed by atoms with E-state index >= 15 is 0 Å². The van der Waals surface area contributed by atoms with Gasteiger partial charge in [-0.05, 0) is 42.8 Å². The van der Waals surface area contributed by atoms with E-state index in [4.69, 9.17) is 4.74 Å². The van der Waals surface area contributed by atoms with Gasteiger partial charge in [0.2, 0.25) is 5.91 Å². The van der Waals surface area contributed by atoms with Crippen LogP contribution >= 0.6 is 0 Å². The number of methoxy groups -OCH3 is 1. The van der Waals surface area contributed by atoms with E-state index in [1.54, 1.807) is 54.1 Å². The van der Waals surface area contributed by atoms with E-state index in [0.717, 1.165) is 5.56 Å². The lowest BCUT2D eigenvalue weighted by atomic mass is 10.0. The van der Waals surface area contributed by atoms with Crippen molar-refractivity contribution in [2.45, 2.75) is 13.0 Å². The first kappa shape index (κ1) is 17.9. The molecule has 1 heterocycles. The van der Waals surface area contributed by atoms with Crippen LogP contribution in [0.2, 0.25) is 0 Å². The average Bonchev–Trinajstić information content (AvgIpc) is 2.66. The summed E-state index contributed by atoms with van der Waals surface area (Å²) in [6.45, 7) is 2.76. The molecule has 136 valence electrons. The molecule has 0 saturated carbocycles. The number of hydrogen-bond donors (Lipinski definition) is 0. The molecule has 3 rings (SSSR count). The Morgan fingerprint density at radius 2 is 1.85 bits per heavy atom. The lowest BCUT2D eigenvalue weighted by molar-refractivity contribution is -0.137. The number of carbonyl (C=O) groups is 2. The second-order valence-electron chi connectivity index (χ2n) is 6.36. The standard InChI is InChI=1S/C20H21FN2O3/c1-13-19(24)22(2)10-11-23(13)20(25)15-6-4-14(5-7-15)17-12-16(21)8-9-18(17)26-3/h4-9,12-13H,10-11H2,1-3H3/t13-/m1/s1. The number of carbonyl (C=O) groups excluding carboxylic acids is 2. The fourth-order valence-electron chi connectivity index (χ4n) is 3.16. The van der Waals surface area contributed by atoms with Crippen molar-refractivity contribution in [1.82, 2.24) is 9.80 Å². The number of rotatable bonds is 3. The zero-order chi connectivity index (χ0) is 18.8. The van der Waals surface area contributed by atoms with E-state index in [9.17, 15) is 14.0 Å². The van der Waals surface area contributed by atoms with Crippen LogP contribution < -0.4 is 4.74 Å². The summed E-state index contributed by atoms with van der Waals surface area (Å²) in [5.41, 5.74) is 1.86. The minimum absolute atomic E-state index is 0.0642. The van der Waals surface area contributed by atoms with E-state index in [2.05, 4.69) is 0 Å². The van der Waals surface area contributed by atoms with Crippen molar-refractivity contribution in [1.29, 1.82) is 0 Å². The number of hydrogen-bond acceptors (Lipinski definition) is 3. The number of benzene rings is 2. The summed E-state index contributed by atoms with van der Waals surface area (Å²) >= 11 is 0. The van der Waals surface area contributed by atoms with E-state index < -0.39 is 6.04 Å². The molecule has 1 fully saturated rings. The average molecular weight is 356 g/mol. The third-order valence-corrected chi connectivity index (χ3v) is 4.74. The van der Waals surface area contributed by atoms with E-state index in [0.29, 0.717) is 30.0 Å². The predicted octanol–water partition coefficient (Wildman–Crippen LogP) is 2.80. The van der Waals surface area contributed by atoms with Crippen molar-refractivity contribution >= 4 is 11.8 Å². The van der Waals surface area contributed by atoms with Crippen molar-refractivity contribution in [2.75, 3.05) is 27.2 Å². The minimum atomic E-state index is -0.482. The first-order chi connectivity index (χ1) is 12.4. The molecule has 2 amide bonds. The van der Waals surface area contributed by atoms with Gasteiger partial charge >= 0.3 is 0 Å². The lowest BCUT2D eigenvalue weighted by Crippen LogP contribution is -2.56. The van der Waals surface area contributed by atoms with Crippen molar-refractivity contribution in [3.8, 4) is 16.9 Å². The van der Waals surface area contributed by atoms with Crippen LogP contribution in [-0.2, 0) is 4.79 Å². The van der Waals surface area contributed by atoms with Gasteiger partial charge in [-0.2, -0.15) is 0 Å². The molecule has 2 aromatic rings. The van der Waals surface area contributed by atoms with Crippen LogP contribution in [0, 0.1) is 5.82 Å². The molecule has 2 aromatic carbocycles. The summed E-state index contributed by atoms with van der Waals surface area (Å²) in [5.74, 6) is -0.0445. The first-order valence-corrected chi connectivity index (χ1v) is 8.42. The second-order valence-corrected chi connectivity index (χ2v) is 6.36. The Hall–Kier alpha value is -2.89. The first-order valence-electron chi connectivity index (χ1n) is 8.42. The van der Waals surface area contributed by atoms with Crippen molar-refractivity contribution in [3.63, 3.8) is 0 Å². The maximum Gasteiger partial charge on any atom is 0.254 e. The Kier molecular flexibility index (Phi) is 4.93. The van der Waals surface area contributed by atoms with Gasteiger partial charge in [-0.25, -0.2) is 4.39 Å². The molecular formula is C20H21FN2O3. The molecule has 6 heteroatoms. The van der Waals surface area contributed by atoms with Gasteiger partial charge in [0.15, 0.2) is 0 Å². The molecule has 1 aliphatic rings. The normalized spacial score (nSPS) is 17.4. The zero-order valence-electron chi connectivity index (χ0n) is 15.0. The Bertz CT molecular complexity index is 835. The summed E-state index contributed by atoms with van der Waals surface area (Å²) < 4.78 is 18.9. The Balaban J connectivity index is 1.85. The molecule has 0 N–H and O–H groups in total. The Labute approximate surface area is 152 Å². The van der Waals surface area contributed by atoms with Crippen LogP contribution in [0.4, 0.5) is 4.39 Å². The number of nitrogens with zero attached hydrogens (tertiary/aromatic N) is 2. The molecule has 26 heavy (non-hydrogen) atoms. The molecule has 5 nitrogen and oxygen atoms in total. The number of likely N-dealkylation sites (N-methyl/N-ethyl adjacent to an activating group) is 1. The van der Waals surface area contributed by atoms with Crippen LogP contribution in [0.3, 0.4) is 0 Å². The van der Waals surface area contributed by atoms with Crippen LogP contribution in [0.25, 0.3) is 11.1 Å². The van der Waals surface area contributed by atoms with Gasteiger partial charge in [0.05, 0.1) is 7.11 Å². The third-order valence-electron chi connectivity index (χ3n) is 4.74. The largest absolute Gasteiger partial charge is 0.496 e. The zero-order valence-corrected chi connectivity index (χ0v) is 15.0. The van der Waals surface area contributed by atoms with Crippen LogP contribution in [0.1, 0.15) is 17.3 Å². The smallest absolute Gasteiger partial charge is 0.254 e. The second kappa shape index (κ2) is 7.15. The fourth-order valence-corrected chi connectivity index (χ4v) is 3.16. The molecule has 1 atom stereocenters. The van der Waals surface area contributed by atoms with Gasteiger partial charge in [-0.15, -0.1) is 0 Å². The maximum absolute atomic E-state index is 13.6. The molecular weight excluding hydrogens is 335 g/mol. The topological polar surface area (TPSA) is 49.9 Å². The number of piperazine rings is 1. The van der Waals surface area contributed by atoms with Crippen molar-refractivity contribution in [2.24, 2.45) is 0 Å². The highest BCUT2D eigenvalue weighted by Crippen LogP contribution is 2.31. The highest BCUT2D eigenvalue weighted by Gasteiger charge is 2.32. The summed E-state index contributed by atoms with van der Waals surface area (Å²) in [7, 11) is 3.27. The van der Waals surface area contributed by atoms with Crippen LogP contribution in [0.15, 0.2) is 42.5 Å². The Morgan fingerprint density at radius 1 is 1.15 bits per heavy atom. The van der Waals surface area contributed by atoms with Gasteiger partial charge in [0.1, 0.15) is 17.6 Å². The molecule has 0 aliphatic carbocycles. The number of ether oxygens (including phenoxy) is 1. The van der Waals surface area contributed by atoms with Crippen molar-refractivity contribution in [3.05, 3.63) is 53.8 Å².